The predicted octanol–water partition coefficient (Wildman–Crippen LogP) is 3.73. The summed E-state index contributed by atoms with van der Waals surface area (Å²) in [5.41, 5.74) is 1.82. The van der Waals surface area contributed by atoms with Crippen molar-refractivity contribution in [2.45, 2.75) is 26.2 Å². The number of carbonyl (C=O) groups is 2. The molecule has 0 unspecified atom stereocenters. The number of unbranched alkanes of at least 4 members (excludes halogenated alkanes) is 1. The molecule has 0 spiro atoms. The molecule has 1 N–H and O–H groups in total. The van der Waals surface area contributed by atoms with E-state index in [0.29, 0.717) is 5.69 Å². The Bertz CT molecular complexity index is 823. The Morgan fingerprint density at radius 3 is 2.59 bits per heavy atom. The molecule has 0 saturated carbocycles. The molecule has 142 valence electrons. The molecule has 0 fully saturated rings. The van der Waals surface area contributed by atoms with Crippen LogP contribution in [-0.2, 0) is 20.7 Å². The number of benzene rings is 1. The van der Waals surface area contributed by atoms with Gasteiger partial charge in [0.25, 0.3) is 5.91 Å². The molecule has 1 amide bonds. The lowest BCUT2D eigenvalue weighted by Gasteiger charge is -2.06. The Morgan fingerprint density at radius 2 is 1.96 bits per heavy atom. The van der Waals surface area contributed by atoms with Gasteiger partial charge >= 0.3 is 11.9 Å². The van der Waals surface area contributed by atoms with E-state index < -0.39 is 29.3 Å². The number of ether oxygens (including phenoxy) is 1. The van der Waals surface area contributed by atoms with Gasteiger partial charge < -0.3 is 14.5 Å². The minimum atomic E-state index is -0.765. The second-order valence-corrected chi connectivity index (χ2v) is 5.72. The standard InChI is InChI=1S/C19H20N2O6/c1-2-3-4-14-5-7-15(8-6-14)20-17(22)13-26-19(23)12-10-16-9-11-18(27-16)21(24)25/h5-12H,2-4,13H2,1H3,(H,20,22)/b12-10+. The van der Waals surface area contributed by atoms with Gasteiger partial charge in [-0.1, -0.05) is 25.5 Å². The minimum absolute atomic E-state index is 0.131. The molecule has 0 bridgehead atoms. The summed E-state index contributed by atoms with van der Waals surface area (Å²) in [4.78, 5) is 33.2. The van der Waals surface area contributed by atoms with Crippen molar-refractivity contribution in [3.05, 3.63) is 63.9 Å². The van der Waals surface area contributed by atoms with Gasteiger partial charge in [0, 0.05) is 11.8 Å². The molecule has 27 heavy (non-hydrogen) atoms. The Balaban J connectivity index is 1.76. The van der Waals surface area contributed by atoms with Crippen molar-refractivity contribution in [1.29, 1.82) is 0 Å². The summed E-state index contributed by atoms with van der Waals surface area (Å²) in [7, 11) is 0. The molecule has 2 rings (SSSR count). The number of nitrogens with zero attached hydrogens (tertiary/aromatic N) is 1. The minimum Gasteiger partial charge on any atom is -0.452 e. The van der Waals surface area contributed by atoms with Crippen LogP contribution in [0.4, 0.5) is 11.6 Å². The fourth-order valence-electron chi connectivity index (χ4n) is 2.20. The molecule has 0 radical (unpaired) electrons. The van der Waals surface area contributed by atoms with Crippen LogP contribution in [0.15, 0.2) is 46.9 Å². The van der Waals surface area contributed by atoms with Gasteiger partial charge in [-0.3, -0.25) is 14.9 Å². The first-order chi connectivity index (χ1) is 13.0. The number of carbonyl (C=O) groups excluding carboxylic acids is 2. The molecule has 0 atom stereocenters. The van der Waals surface area contributed by atoms with Crippen LogP contribution in [0, 0.1) is 10.1 Å². The van der Waals surface area contributed by atoms with Gasteiger partial charge in [-0.05, 0) is 42.7 Å². The van der Waals surface area contributed by atoms with E-state index in [9.17, 15) is 19.7 Å². The fraction of sp³-hybridized carbons (Fsp3) is 0.263. The van der Waals surface area contributed by atoms with Gasteiger partial charge in [0.2, 0.25) is 0 Å². The Morgan fingerprint density at radius 1 is 1.22 bits per heavy atom. The zero-order valence-corrected chi connectivity index (χ0v) is 14.8. The van der Waals surface area contributed by atoms with E-state index in [0.717, 1.165) is 25.3 Å². The normalized spacial score (nSPS) is 10.7. The first-order valence-electron chi connectivity index (χ1n) is 8.45. The summed E-state index contributed by atoms with van der Waals surface area (Å²) in [5, 5.41) is 13.1. The topological polar surface area (TPSA) is 112 Å². The molecule has 0 saturated heterocycles. The number of aryl methyl sites for hydroxylation is 1. The molecule has 0 aliphatic rings. The SMILES string of the molecule is CCCCc1ccc(NC(=O)COC(=O)/C=C/c2ccc([N+](=O)[O-])o2)cc1. The maximum atomic E-state index is 11.8. The monoisotopic (exact) mass is 372 g/mol. The molecule has 8 nitrogen and oxygen atoms in total. The van der Waals surface area contributed by atoms with Crippen molar-refractivity contribution < 1.29 is 23.7 Å². The molecule has 2 aromatic rings. The lowest BCUT2D eigenvalue weighted by molar-refractivity contribution is -0.402. The highest BCUT2D eigenvalue weighted by atomic mass is 16.6. The van der Waals surface area contributed by atoms with E-state index in [1.807, 2.05) is 12.1 Å². The van der Waals surface area contributed by atoms with E-state index in [2.05, 4.69) is 12.2 Å². The smallest absolute Gasteiger partial charge is 0.433 e. The van der Waals surface area contributed by atoms with Gasteiger partial charge in [-0.15, -0.1) is 0 Å². The lowest BCUT2D eigenvalue weighted by Crippen LogP contribution is -2.20. The van der Waals surface area contributed by atoms with Gasteiger partial charge in [0.15, 0.2) is 6.61 Å². The Hall–Kier alpha value is -3.42. The van der Waals surface area contributed by atoms with Gasteiger partial charge in [-0.2, -0.15) is 0 Å². The van der Waals surface area contributed by atoms with Crippen molar-refractivity contribution in [1.82, 2.24) is 0 Å². The third-order valence-electron chi connectivity index (χ3n) is 3.58. The highest BCUT2D eigenvalue weighted by Gasteiger charge is 2.10. The molecule has 8 heteroatoms. The summed E-state index contributed by atoms with van der Waals surface area (Å²) in [6.45, 7) is 1.68. The number of rotatable bonds is 9. The highest BCUT2D eigenvalue weighted by molar-refractivity contribution is 5.94. The predicted molar refractivity (Wildman–Crippen MR) is 99.0 cm³/mol. The first-order valence-corrected chi connectivity index (χ1v) is 8.45. The van der Waals surface area contributed by atoms with E-state index in [-0.39, 0.29) is 5.76 Å². The van der Waals surface area contributed by atoms with Crippen molar-refractivity contribution in [2.75, 3.05) is 11.9 Å². The molecular formula is C19H20N2O6. The summed E-state index contributed by atoms with van der Waals surface area (Å²) in [6.07, 6.45) is 5.48. The van der Waals surface area contributed by atoms with E-state index in [1.165, 1.54) is 23.8 Å². The van der Waals surface area contributed by atoms with Crippen LogP contribution < -0.4 is 5.32 Å². The van der Waals surface area contributed by atoms with Crippen LogP contribution in [0.5, 0.6) is 0 Å². The zero-order valence-electron chi connectivity index (χ0n) is 14.8. The lowest BCUT2D eigenvalue weighted by atomic mass is 10.1. The van der Waals surface area contributed by atoms with Crippen molar-refractivity contribution in [3.8, 4) is 0 Å². The summed E-state index contributed by atoms with van der Waals surface area (Å²) >= 11 is 0. The second kappa shape index (κ2) is 9.91. The van der Waals surface area contributed by atoms with E-state index in [1.54, 1.807) is 12.1 Å². The molecule has 0 aliphatic carbocycles. The number of esters is 1. The largest absolute Gasteiger partial charge is 0.452 e. The summed E-state index contributed by atoms with van der Waals surface area (Å²) in [5.74, 6) is -1.53. The van der Waals surface area contributed by atoms with Gasteiger partial charge in [0.05, 0.1) is 6.07 Å². The van der Waals surface area contributed by atoms with Crippen LogP contribution in [-0.4, -0.2) is 23.4 Å². The summed E-state index contributed by atoms with van der Waals surface area (Å²) in [6, 6.07) is 10.0. The van der Waals surface area contributed by atoms with Gasteiger partial charge in [0.1, 0.15) is 10.7 Å². The second-order valence-electron chi connectivity index (χ2n) is 5.72. The van der Waals surface area contributed by atoms with Gasteiger partial charge in [-0.25, -0.2) is 4.79 Å². The number of nitro groups is 1. The summed E-state index contributed by atoms with van der Waals surface area (Å²) < 4.78 is 9.68. The number of anilines is 1. The zero-order chi connectivity index (χ0) is 19.6. The number of amides is 1. The maximum absolute atomic E-state index is 11.8. The molecule has 1 aromatic carbocycles. The first kappa shape index (κ1) is 19.9. The third kappa shape index (κ3) is 6.77. The molecule has 0 aliphatic heterocycles. The average Bonchev–Trinajstić information content (AvgIpc) is 3.13. The Labute approximate surface area is 156 Å². The number of hydrogen-bond acceptors (Lipinski definition) is 6. The van der Waals surface area contributed by atoms with Crippen LogP contribution in [0.25, 0.3) is 6.08 Å². The number of nitrogens with one attached hydrogen (secondary N) is 1. The quantitative estimate of drug-likeness (QED) is 0.311. The highest BCUT2D eigenvalue weighted by Crippen LogP contribution is 2.16. The Kier molecular flexibility index (Phi) is 7.30. The van der Waals surface area contributed by atoms with Crippen LogP contribution in [0.2, 0.25) is 0 Å². The number of hydrogen-bond donors (Lipinski definition) is 1. The molecule has 1 aromatic heterocycles. The third-order valence-corrected chi connectivity index (χ3v) is 3.58. The van der Waals surface area contributed by atoms with Crippen LogP contribution in [0.1, 0.15) is 31.1 Å². The van der Waals surface area contributed by atoms with E-state index >= 15 is 0 Å². The molecule has 1 heterocycles. The van der Waals surface area contributed by atoms with Crippen molar-refractivity contribution >= 4 is 29.5 Å². The van der Waals surface area contributed by atoms with Crippen LogP contribution in [0.3, 0.4) is 0 Å². The number of furan rings is 1. The van der Waals surface area contributed by atoms with Crippen molar-refractivity contribution in [3.63, 3.8) is 0 Å². The molecular weight excluding hydrogens is 352 g/mol. The fourth-order valence-corrected chi connectivity index (χ4v) is 2.20. The van der Waals surface area contributed by atoms with Crippen molar-refractivity contribution in [2.24, 2.45) is 0 Å². The van der Waals surface area contributed by atoms with Crippen LogP contribution >= 0.6 is 0 Å². The van der Waals surface area contributed by atoms with E-state index in [4.69, 9.17) is 9.15 Å². The maximum Gasteiger partial charge on any atom is 0.433 e. The average molecular weight is 372 g/mol.